The Balaban J connectivity index is 1.54. The Labute approximate surface area is 176 Å². The van der Waals surface area contributed by atoms with E-state index in [9.17, 15) is 8.42 Å². The molecule has 0 N–H and O–H groups in total. The Kier molecular flexibility index (Phi) is 5.52. The molecule has 8 heteroatoms. The van der Waals surface area contributed by atoms with Crippen molar-refractivity contribution < 1.29 is 8.42 Å². The van der Waals surface area contributed by atoms with Crippen LogP contribution in [0.25, 0.3) is 11.4 Å². The first kappa shape index (κ1) is 19.2. The van der Waals surface area contributed by atoms with E-state index in [1.54, 1.807) is 30.0 Å². The standard InChI is InChI=1S/C20H16BrN3O2S2/c21-16-8-6-15(7-9-16)14-28(25,26)24-11-10-18-19(12-24)23-20(22-18)13-27-17-4-2-1-3-5-17/h1-12H,13-14H2. The van der Waals surface area contributed by atoms with Gasteiger partial charge in [-0.2, -0.15) is 0 Å². The van der Waals surface area contributed by atoms with Crippen molar-refractivity contribution in [2.45, 2.75) is 16.4 Å². The number of imidazole rings is 1. The molecule has 28 heavy (non-hydrogen) atoms. The fraction of sp³-hybridized carbons (Fsp3) is 0.100. The third-order valence-corrected chi connectivity index (χ3v) is 7.19. The second kappa shape index (κ2) is 8.06. The van der Waals surface area contributed by atoms with Crippen molar-refractivity contribution in [3.05, 3.63) is 88.9 Å². The predicted molar refractivity (Wildman–Crippen MR) is 115 cm³/mol. The monoisotopic (exact) mass is 473 g/mol. The lowest BCUT2D eigenvalue weighted by Crippen LogP contribution is -2.15. The van der Waals surface area contributed by atoms with Gasteiger partial charge in [-0.15, -0.1) is 11.8 Å². The first-order valence-corrected chi connectivity index (χ1v) is 11.9. The summed E-state index contributed by atoms with van der Waals surface area (Å²) in [5.74, 6) is 1.23. The van der Waals surface area contributed by atoms with E-state index in [1.807, 2.05) is 42.5 Å². The fourth-order valence-corrected chi connectivity index (χ4v) is 5.02. The smallest absolute Gasteiger partial charge is 0.242 e. The van der Waals surface area contributed by atoms with Crippen LogP contribution in [0.2, 0.25) is 0 Å². The van der Waals surface area contributed by atoms with Gasteiger partial charge in [-0.25, -0.2) is 18.4 Å². The Bertz CT molecular complexity index is 1160. The predicted octanol–water partition coefficient (Wildman–Crippen LogP) is 4.82. The zero-order valence-corrected chi connectivity index (χ0v) is 17.9. The lowest BCUT2D eigenvalue weighted by atomic mass is 10.2. The highest BCUT2D eigenvalue weighted by Crippen LogP contribution is 2.25. The van der Waals surface area contributed by atoms with E-state index in [0.29, 0.717) is 23.0 Å². The average Bonchev–Trinajstić information content (AvgIpc) is 3.11. The molecule has 0 radical (unpaired) electrons. The molecule has 0 atom stereocenters. The van der Waals surface area contributed by atoms with E-state index in [-0.39, 0.29) is 5.75 Å². The first-order chi connectivity index (χ1) is 13.5. The lowest BCUT2D eigenvalue weighted by molar-refractivity contribution is 0.586. The van der Waals surface area contributed by atoms with Crippen LogP contribution in [0.1, 0.15) is 11.4 Å². The van der Waals surface area contributed by atoms with Gasteiger partial charge in [0.25, 0.3) is 0 Å². The van der Waals surface area contributed by atoms with Crippen LogP contribution in [0.4, 0.5) is 0 Å². The molecule has 0 bridgehead atoms. The van der Waals surface area contributed by atoms with E-state index in [0.717, 1.165) is 14.9 Å². The number of aromatic nitrogens is 3. The number of benzene rings is 2. The molecule has 0 aromatic heterocycles. The normalized spacial score (nSPS) is 11.8. The molecule has 2 aromatic rings. The zero-order valence-electron chi connectivity index (χ0n) is 14.7. The third kappa shape index (κ3) is 4.45. The van der Waals surface area contributed by atoms with Crippen molar-refractivity contribution in [3.8, 4) is 11.4 Å². The van der Waals surface area contributed by atoms with Crippen molar-refractivity contribution in [2.75, 3.05) is 0 Å². The second-order valence-electron chi connectivity index (χ2n) is 6.17. The quantitative estimate of drug-likeness (QED) is 0.375. The zero-order chi connectivity index (χ0) is 19.6. The van der Waals surface area contributed by atoms with Crippen LogP contribution in [-0.4, -0.2) is 22.4 Å². The van der Waals surface area contributed by atoms with Crippen molar-refractivity contribution >= 4 is 37.7 Å². The summed E-state index contributed by atoms with van der Waals surface area (Å²) < 4.78 is 27.6. The molecule has 0 aliphatic carbocycles. The van der Waals surface area contributed by atoms with Crippen molar-refractivity contribution in [3.63, 3.8) is 0 Å². The van der Waals surface area contributed by atoms with Crippen LogP contribution in [0.3, 0.4) is 0 Å². The summed E-state index contributed by atoms with van der Waals surface area (Å²) in [6.07, 6.45) is 3.06. The summed E-state index contributed by atoms with van der Waals surface area (Å²) >= 11 is 5.00. The number of thioether (sulfide) groups is 1. The summed E-state index contributed by atoms with van der Waals surface area (Å²) in [7, 11) is -3.54. The van der Waals surface area contributed by atoms with Gasteiger partial charge < -0.3 is 0 Å². The minimum absolute atomic E-state index is 0.0820. The topological polar surface area (TPSA) is 64.8 Å². The minimum atomic E-state index is -3.54. The molecule has 5 nitrogen and oxygen atoms in total. The highest BCUT2D eigenvalue weighted by atomic mass is 79.9. The molecular formula is C20H16BrN3O2S2. The van der Waals surface area contributed by atoms with Crippen LogP contribution >= 0.6 is 27.7 Å². The van der Waals surface area contributed by atoms with Gasteiger partial charge in [-0.3, -0.25) is 3.97 Å². The molecule has 0 saturated carbocycles. The summed E-state index contributed by atoms with van der Waals surface area (Å²) in [6, 6.07) is 19.0. The van der Waals surface area contributed by atoms with Crippen LogP contribution in [0.15, 0.2) is 82.4 Å². The van der Waals surface area contributed by atoms with Gasteiger partial charge in [-0.05, 0) is 35.9 Å². The molecule has 0 amide bonds. The van der Waals surface area contributed by atoms with Crippen molar-refractivity contribution in [1.82, 2.24) is 13.9 Å². The fourth-order valence-electron chi connectivity index (χ4n) is 2.71. The Morgan fingerprint density at radius 1 is 0.929 bits per heavy atom. The Morgan fingerprint density at radius 2 is 1.64 bits per heavy atom. The molecule has 2 aromatic carbocycles. The summed E-state index contributed by atoms with van der Waals surface area (Å²) in [4.78, 5) is 10.1. The van der Waals surface area contributed by atoms with Crippen molar-refractivity contribution in [1.29, 1.82) is 0 Å². The van der Waals surface area contributed by atoms with Gasteiger partial charge >= 0.3 is 0 Å². The largest absolute Gasteiger partial charge is 0.250 e. The SMILES string of the molecule is O=S(=O)(Cc1ccc(Br)cc1)n1ccc2nc(CSc3ccccc3)nc-2c1. The van der Waals surface area contributed by atoms with E-state index < -0.39 is 10.0 Å². The third-order valence-electron chi connectivity index (χ3n) is 4.08. The maximum absolute atomic E-state index is 12.7. The molecule has 2 heterocycles. The van der Waals surface area contributed by atoms with Crippen LogP contribution in [0, 0.1) is 0 Å². The Hall–Kier alpha value is -2.16. The summed E-state index contributed by atoms with van der Waals surface area (Å²) in [6.45, 7) is 0. The number of nitrogens with zero attached hydrogens (tertiary/aromatic N) is 3. The maximum atomic E-state index is 12.7. The number of halogens is 1. The molecule has 2 aliphatic heterocycles. The van der Waals surface area contributed by atoms with Crippen LogP contribution in [0.5, 0.6) is 0 Å². The van der Waals surface area contributed by atoms with E-state index in [1.165, 1.54) is 16.4 Å². The number of hydrogen-bond donors (Lipinski definition) is 0. The van der Waals surface area contributed by atoms with E-state index >= 15 is 0 Å². The molecule has 0 saturated heterocycles. The van der Waals surface area contributed by atoms with Crippen molar-refractivity contribution in [2.24, 2.45) is 0 Å². The Morgan fingerprint density at radius 3 is 2.39 bits per heavy atom. The van der Waals surface area contributed by atoms with Gasteiger partial charge in [0, 0.05) is 21.8 Å². The van der Waals surface area contributed by atoms with Gasteiger partial charge in [0.15, 0.2) is 0 Å². The molecule has 0 spiro atoms. The van der Waals surface area contributed by atoms with Crippen LogP contribution in [-0.2, 0) is 21.5 Å². The molecule has 0 fully saturated rings. The molecule has 2 aliphatic rings. The van der Waals surface area contributed by atoms with E-state index in [2.05, 4.69) is 25.9 Å². The van der Waals surface area contributed by atoms with Gasteiger partial charge in [-0.1, -0.05) is 46.3 Å². The highest BCUT2D eigenvalue weighted by molar-refractivity contribution is 9.10. The number of hydrogen-bond acceptors (Lipinski definition) is 5. The minimum Gasteiger partial charge on any atom is -0.250 e. The average molecular weight is 474 g/mol. The summed E-state index contributed by atoms with van der Waals surface area (Å²) in [5.41, 5.74) is 1.99. The second-order valence-corrected chi connectivity index (χ2v) is 10.0. The molecule has 142 valence electrons. The van der Waals surface area contributed by atoms with E-state index in [4.69, 9.17) is 0 Å². The molecular weight excluding hydrogens is 458 g/mol. The first-order valence-electron chi connectivity index (χ1n) is 8.50. The summed E-state index contributed by atoms with van der Waals surface area (Å²) in [5, 5.41) is 0. The molecule has 0 unspecified atom stereocenters. The number of fused-ring (bicyclic) bond motifs is 1. The maximum Gasteiger partial charge on any atom is 0.242 e. The number of pyridine rings is 1. The lowest BCUT2D eigenvalue weighted by Gasteiger charge is -2.09. The van der Waals surface area contributed by atoms with Gasteiger partial charge in [0.1, 0.15) is 11.5 Å². The van der Waals surface area contributed by atoms with Gasteiger partial charge in [0.2, 0.25) is 10.0 Å². The number of rotatable bonds is 6. The highest BCUT2D eigenvalue weighted by Gasteiger charge is 2.18. The van der Waals surface area contributed by atoms with Gasteiger partial charge in [0.05, 0.1) is 17.2 Å². The van der Waals surface area contributed by atoms with Crippen LogP contribution < -0.4 is 0 Å². The molecule has 4 rings (SSSR count).